The van der Waals surface area contributed by atoms with E-state index < -0.39 is 24.3 Å². The van der Waals surface area contributed by atoms with E-state index in [1.807, 2.05) is 60.7 Å². The smallest absolute Gasteiger partial charge is 0.812 e. The average molecular weight is 802 g/mol. The summed E-state index contributed by atoms with van der Waals surface area (Å²) >= 11 is 0. The molecule has 2 aromatic rings. The molecule has 5 heterocycles. The Balaban J connectivity index is 0.000000224. The van der Waals surface area contributed by atoms with Crippen LogP contribution in [0.25, 0.3) is 0 Å². The van der Waals surface area contributed by atoms with Crippen LogP contribution in [-0.2, 0) is 51.4 Å². The predicted molar refractivity (Wildman–Crippen MR) is 189 cm³/mol. The number of methoxy groups -OCH3 is 1. The molecular formula is C37H44KN7O11. The van der Waals surface area contributed by atoms with Gasteiger partial charge in [-0.05, 0) is 11.1 Å². The van der Waals surface area contributed by atoms with Crippen LogP contribution < -0.4 is 67.1 Å². The SMILES string of the molecule is COC(=O)C1CN(C(=O)OCc2ccccc2)CCN1.N#C[O-].O=C1CC(=O)N2CCN(C(=O)OCc3ccccc3)CC12.O=C1CC(=O)N2CCNCC12.[K+]. The summed E-state index contributed by atoms with van der Waals surface area (Å²) in [6.45, 7) is 4.94. The van der Waals surface area contributed by atoms with Gasteiger partial charge in [0.25, 0.3) is 0 Å². The first-order chi connectivity index (χ1) is 26.6. The normalized spacial score (nSPS) is 20.8. The minimum absolute atomic E-state index is 0. The van der Waals surface area contributed by atoms with Crippen LogP contribution in [0.15, 0.2) is 60.7 Å². The van der Waals surface area contributed by atoms with Gasteiger partial charge in [0.15, 0.2) is 11.6 Å². The maximum Gasteiger partial charge on any atom is 1.00 e. The number of carbonyl (C=O) groups is 7. The van der Waals surface area contributed by atoms with E-state index >= 15 is 0 Å². The maximum atomic E-state index is 12.0. The van der Waals surface area contributed by atoms with Gasteiger partial charge in [0, 0.05) is 52.1 Å². The minimum atomic E-state index is -0.490. The first-order valence-corrected chi connectivity index (χ1v) is 17.6. The molecule has 2 aromatic carbocycles. The molecule has 2 N–H and O–H groups in total. The number of nitriles is 1. The zero-order valence-electron chi connectivity index (χ0n) is 31.4. The molecule has 3 atom stereocenters. The standard InChI is InChI=1S/C15H16N2O4.C14H18N2O4.C7H10N2O2.CHNO.K/c18-13-8-14(19)17-7-6-16(9-12(13)17)15(20)21-10-11-4-2-1-3-5-11;1-19-13(17)12-9-16(8-7-15-12)14(18)20-10-11-5-3-2-4-6-11;10-6-3-7(11)9-2-1-8-4-5(6)9;2-1-3;/h1-5,12H,6-10H2;2-6,12,15H,7-10H2,1H3;5,8H,1-4H2;3H;/q;;;;+1/p-1. The number of benzene rings is 2. The third-order valence-corrected chi connectivity index (χ3v) is 9.25. The van der Waals surface area contributed by atoms with Crippen LogP contribution in [-0.4, -0.2) is 145 Å². The fourth-order valence-electron chi connectivity index (χ4n) is 6.39. The van der Waals surface area contributed by atoms with Crippen LogP contribution in [0.1, 0.15) is 24.0 Å². The number of nitrogens with zero attached hydrogens (tertiary/aromatic N) is 5. The molecule has 56 heavy (non-hydrogen) atoms. The summed E-state index contributed by atoms with van der Waals surface area (Å²) in [4.78, 5) is 87.2. The first-order valence-electron chi connectivity index (χ1n) is 17.6. The maximum absolute atomic E-state index is 12.0. The zero-order chi connectivity index (χ0) is 39.7. The fourth-order valence-corrected chi connectivity index (χ4v) is 6.39. The number of amides is 4. The van der Waals surface area contributed by atoms with Crippen LogP contribution in [0.2, 0.25) is 0 Å². The molecule has 3 unspecified atom stereocenters. The Labute approximate surface area is 366 Å². The van der Waals surface area contributed by atoms with E-state index in [4.69, 9.17) is 19.8 Å². The van der Waals surface area contributed by atoms with Crippen molar-refractivity contribution < 1.29 is 104 Å². The Morgan fingerprint density at radius 3 is 1.77 bits per heavy atom. The quantitative estimate of drug-likeness (QED) is 0.0971. The van der Waals surface area contributed by atoms with Gasteiger partial charge in [0.1, 0.15) is 31.3 Å². The second-order valence-electron chi connectivity index (χ2n) is 12.8. The molecule has 0 aromatic heterocycles. The Morgan fingerprint density at radius 1 is 0.750 bits per heavy atom. The summed E-state index contributed by atoms with van der Waals surface area (Å²) in [5, 5.41) is 21.1. The molecule has 5 saturated heterocycles. The number of ketones is 2. The number of piperazine rings is 3. The van der Waals surface area contributed by atoms with E-state index in [1.54, 1.807) is 9.80 Å². The van der Waals surface area contributed by atoms with Crippen LogP contribution in [0, 0.1) is 11.5 Å². The van der Waals surface area contributed by atoms with Crippen LogP contribution in [0.3, 0.4) is 0 Å². The van der Waals surface area contributed by atoms with Crippen molar-refractivity contribution in [2.45, 2.75) is 44.2 Å². The molecule has 5 aliphatic heterocycles. The second kappa shape index (κ2) is 23.6. The number of fused-ring (bicyclic) bond motifs is 2. The van der Waals surface area contributed by atoms with Crippen molar-refractivity contribution in [1.29, 1.82) is 5.26 Å². The molecule has 294 valence electrons. The fraction of sp³-hybridized carbons (Fsp3) is 0.459. The third kappa shape index (κ3) is 13.4. The zero-order valence-corrected chi connectivity index (χ0v) is 34.5. The number of hydrogen-bond acceptors (Lipinski definition) is 14. The number of rotatable bonds is 5. The van der Waals surface area contributed by atoms with Crippen molar-refractivity contribution >= 4 is 41.5 Å². The molecule has 0 bridgehead atoms. The topological polar surface area (TPSA) is 231 Å². The average Bonchev–Trinajstić information content (AvgIpc) is 3.68. The number of Topliss-reactive ketones (excluding diaryl/α,β-unsaturated/α-hetero) is 2. The molecule has 5 aliphatic rings. The second-order valence-corrected chi connectivity index (χ2v) is 12.8. The largest absolute Gasteiger partial charge is 1.00 e. The molecule has 0 radical (unpaired) electrons. The summed E-state index contributed by atoms with van der Waals surface area (Å²) in [6, 6.07) is 17.7. The molecule has 7 rings (SSSR count). The summed E-state index contributed by atoms with van der Waals surface area (Å²) in [5.41, 5.74) is 1.84. The van der Waals surface area contributed by atoms with Gasteiger partial charge < -0.3 is 49.6 Å². The molecule has 0 spiro atoms. The number of nitrogens with one attached hydrogen (secondary N) is 2. The summed E-state index contributed by atoms with van der Waals surface area (Å²) in [6.07, 6.45) is -0.279. The van der Waals surface area contributed by atoms with Gasteiger partial charge in [-0.15, -0.1) is 0 Å². The summed E-state index contributed by atoms with van der Waals surface area (Å²) in [5.74, 6) is -0.544. The Kier molecular flexibility index (Phi) is 19.4. The molecule has 18 nitrogen and oxygen atoms in total. The first kappa shape index (κ1) is 46.0. The molecular weight excluding hydrogens is 758 g/mol. The molecule has 5 fully saturated rings. The predicted octanol–water partition coefficient (Wildman–Crippen LogP) is -3.83. The Morgan fingerprint density at radius 2 is 1.25 bits per heavy atom. The number of ether oxygens (including phenoxy) is 3. The van der Waals surface area contributed by atoms with Crippen molar-refractivity contribution in [2.75, 3.05) is 66.0 Å². The Hall–Kier alpha value is -4.42. The number of esters is 1. The van der Waals surface area contributed by atoms with E-state index in [2.05, 4.69) is 15.4 Å². The van der Waals surface area contributed by atoms with Gasteiger partial charge in [-0.1, -0.05) is 60.7 Å². The van der Waals surface area contributed by atoms with Gasteiger partial charge in [-0.25, -0.2) is 14.9 Å². The Bertz CT molecular complexity index is 1690. The van der Waals surface area contributed by atoms with Crippen LogP contribution in [0.4, 0.5) is 9.59 Å². The van der Waals surface area contributed by atoms with E-state index in [1.165, 1.54) is 16.9 Å². The van der Waals surface area contributed by atoms with Crippen LogP contribution in [0.5, 0.6) is 0 Å². The van der Waals surface area contributed by atoms with E-state index in [-0.39, 0.29) is 126 Å². The van der Waals surface area contributed by atoms with Crippen molar-refractivity contribution in [3.8, 4) is 6.26 Å². The molecule has 19 heteroatoms. The van der Waals surface area contributed by atoms with Crippen molar-refractivity contribution in [3.05, 3.63) is 71.8 Å². The van der Waals surface area contributed by atoms with E-state index in [9.17, 15) is 33.6 Å². The monoisotopic (exact) mass is 801 g/mol. The van der Waals surface area contributed by atoms with Crippen LogP contribution >= 0.6 is 0 Å². The van der Waals surface area contributed by atoms with E-state index in [0.29, 0.717) is 45.5 Å². The minimum Gasteiger partial charge on any atom is -0.812 e. The van der Waals surface area contributed by atoms with Crippen molar-refractivity contribution in [1.82, 2.24) is 30.2 Å². The van der Waals surface area contributed by atoms with Gasteiger partial charge in [-0.2, -0.15) is 0 Å². The molecule has 4 amide bonds. The summed E-state index contributed by atoms with van der Waals surface area (Å²) in [7, 11) is 1.33. The third-order valence-electron chi connectivity index (χ3n) is 9.25. The van der Waals surface area contributed by atoms with E-state index in [0.717, 1.165) is 17.7 Å². The summed E-state index contributed by atoms with van der Waals surface area (Å²) < 4.78 is 15.2. The molecule has 0 saturated carbocycles. The van der Waals surface area contributed by atoms with Gasteiger partial charge >= 0.3 is 69.5 Å². The van der Waals surface area contributed by atoms with Gasteiger partial charge in [0.05, 0.1) is 33.0 Å². The van der Waals surface area contributed by atoms with Crippen molar-refractivity contribution in [3.63, 3.8) is 0 Å². The van der Waals surface area contributed by atoms with Gasteiger partial charge in [0.2, 0.25) is 11.8 Å². The molecule has 0 aliphatic carbocycles. The van der Waals surface area contributed by atoms with Crippen molar-refractivity contribution in [2.24, 2.45) is 0 Å². The number of hydrogen-bond donors (Lipinski definition) is 2. The number of carbonyl (C=O) groups excluding carboxylic acids is 7. The van der Waals surface area contributed by atoms with Gasteiger partial charge in [-0.3, -0.25) is 24.0 Å².